The molecule has 0 unspecified atom stereocenters. The number of nitrogens with zero attached hydrogens (tertiary/aromatic N) is 4. The molecule has 2 aliphatic rings. The SMILES string of the molecule is CO[C@@H]1CN[C@H](C(=O)N2CCN(c3ncnc4sc(CC(F)(F)F)cc34)CC2)C1. The molecule has 1 N–H and O–H groups in total. The van der Waals surface area contributed by atoms with Gasteiger partial charge < -0.3 is 19.9 Å². The van der Waals surface area contributed by atoms with Gasteiger partial charge in [-0.15, -0.1) is 11.3 Å². The summed E-state index contributed by atoms with van der Waals surface area (Å²) in [5.41, 5.74) is 0. The number of hydrogen-bond donors (Lipinski definition) is 1. The number of ether oxygens (including phenoxy) is 1. The number of rotatable bonds is 4. The van der Waals surface area contributed by atoms with Gasteiger partial charge in [0.25, 0.3) is 0 Å². The molecule has 2 fully saturated rings. The van der Waals surface area contributed by atoms with Gasteiger partial charge in [0.05, 0.1) is 24.0 Å². The van der Waals surface area contributed by atoms with E-state index in [2.05, 4.69) is 15.3 Å². The third kappa shape index (κ3) is 4.46. The Morgan fingerprint density at radius 2 is 2.07 bits per heavy atom. The molecule has 4 rings (SSSR count). The van der Waals surface area contributed by atoms with Gasteiger partial charge in [-0.3, -0.25) is 4.79 Å². The summed E-state index contributed by atoms with van der Waals surface area (Å²) in [6.07, 6.45) is -3.11. The third-order valence-electron chi connectivity index (χ3n) is 5.35. The number of alkyl halides is 3. The number of hydrogen-bond acceptors (Lipinski definition) is 7. The first-order valence-electron chi connectivity index (χ1n) is 9.44. The molecular formula is C18H22F3N5O2S. The van der Waals surface area contributed by atoms with E-state index in [0.29, 0.717) is 55.2 Å². The van der Waals surface area contributed by atoms with Crippen LogP contribution < -0.4 is 10.2 Å². The molecule has 2 aromatic rings. The average molecular weight is 429 g/mol. The molecule has 158 valence electrons. The summed E-state index contributed by atoms with van der Waals surface area (Å²) in [6.45, 7) is 2.90. The minimum atomic E-state index is -4.25. The van der Waals surface area contributed by atoms with Gasteiger partial charge in [-0.2, -0.15) is 13.2 Å². The van der Waals surface area contributed by atoms with Crippen molar-refractivity contribution in [2.45, 2.75) is 31.2 Å². The van der Waals surface area contributed by atoms with E-state index in [-0.39, 0.29) is 22.9 Å². The van der Waals surface area contributed by atoms with Crippen molar-refractivity contribution < 1.29 is 22.7 Å². The van der Waals surface area contributed by atoms with Crippen molar-refractivity contribution in [3.63, 3.8) is 0 Å². The summed E-state index contributed by atoms with van der Waals surface area (Å²) in [5.74, 6) is 0.699. The highest BCUT2D eigenvalue weighted by Crippen LogP contribution is 2.34. The highest BCUT2D eigenvalue weighted by molar-refractivity contribution is 7.18. The number of aromatic nitrogens is 2. The summed E-state index contributed by atoms with van der Waals surface area (Å²) in [7, 11) is 1.64. The number of nitrogens with one attached hydrogen (secondary N) is 1. The molecule has 2 atom stereocenters. The first kappa shape index (κ1) is 20.3. The molecule has 1 amide bonds. The maximum Gasteiger partial charge on any atom is 0.393 e. The van der Waals surface area contributed by atoms with Crippen LogP contribution in [0.1, 0.15) is 11.3 Å². The Hall–Kier alpha value is -1.98. The third-order valence-corrected chi connectivity index (χ3v) is 6.39. The van der Waals surface area contributed by atoms with Crippen LogP contribution in [0.3, 0.4) is 0 Å². The molecule has 4 heterocycles. The number of methoxy groups -OCH3 is 1. The van der Waals surface area contributed by atoms with Crippen molar-refractivity contribution >= 4 is 33.3 Å². The number of thiophene rings is 1. The van der Waals surface area contributed by atoms with Crippen molar-refractivity contribution in [1.82, 2.24) is 20.2 Å². The fourth-order valence-corrected chi connectivity index (χ4v) is 4.88. The van der Waals surface area contributed by atoms with Gasteiger partial charge in [-0.25, -0.2) is 9.97 Å². The van der Waals surface area contributed by atoms with Gasteiger partial charge >= 0.3 is 6.18 Å². The zero-order valence-corrected chi connectivity index (χ0v) is 16.7. The number of anilines is 1. The van der Waals surface area contributed by atoms with Crippen molar-refractivity contribution in [2.24, 2.45) is 0 Å². The molecule has 2 aliphatic heterocycles. The summed E-state index contributed by atoms with van der Waals surface area (Å²) >= 11 is 1.04. The standard InChI is InChI=1S/C18H22F3N5O2S/c1-28-11-6-14(22-9-11)17(27)26-4-2-25(3-5-26)15-13-7-12(8-18(19,20)21)29-16(13)24-10-23-15/h7,10-11,14,22H,2-6,8-9H2,1H3/t11-,14-/m0/s1. The van der Waals surface area contributed by atoms with Crippen LogP contribution in [0.4, 0.5) is 19.0 Å². The first-order chi connectivity index (χ1) is 13.8. The predicted molar refractivity (Wildman–Crippen MR) is 103 cm³/mol. The lowest BCUT2D eigenvalue weighted by molar-refractivity contribution is -0.133. The summed E-state index contributed by atoms with van der Waals surface area (Å²) in [4.78, 5) is 25.8. The quantitative estimate of drug-likeness (QED) is 0.800. The first-order valence-corrected chi connectivity index (χ1v) is 10.3. The number of amides is 1. The maximum absolute atomic E-state index is 12.7. The van der Waals surface area contributed by atoms with Gasteiger partial charge in [0.15, 0.2) is 0 Å². The number of carbonyl (C=O) groups is 1. The highest BCUT2D eigenvalue weighted by atomic mass is 32.1. The summed E-state index contributed by atoms with van der Waals surface area (Å²) in [5, 5.41) is 3.84. The molecule has 0 aliphatic carbocycles. The van der Waals surface area contributed by atoms with Crippen LogP contribution in [0, 0.1) is 0 Å². The van der Waals surface area contributed by atoms with Crippen molar-refractivity contribution in [3.05, 3.63) is 17.3 Å². The van der Waals surface area contributed by atoms with Crippen LogP contribution in [-0.4, -0.2) is 78.9 Å². The van der Waals surface area contributed by atoms with Gasteiger partial charge in [-0.1, -0.05) is 0 Å². The van der Waals surface area contributed by atoms with Gasteiger partial charge in [-0.05, 0) is 12.5 Å². The molecule has 2 aromatic heterocycles. The minimum Gasteiger partial charge on any atom is -0.380 e. The van der Waals surface area contributed by atoms with E-state index in [1.165, 1.54) is 12.4 Å². The van der Waals surface area contributed by atoms with Crippen LogP contribution in [0.15, 0.2) is 12.4 Å². The Morgan fingerprint density at radius 1 is 1.31 bits per heavy atom. The molecule has 2 saturated heterocycles. The lowest BCUT2D eigenvalue weighted by Gasteiger charge is -2.36. The van der Waals surface area contributed by atoms with E-state index in [9.17, 15) is 18.0 Å². The van der Waals surface area contributed by atoms with Crippen LogP contribution >= 0.6 is 11.3 Å². The predicted octanol–water partition coefficient (Wildman–Crippen LogP) is 1.82. The molecule has 0 radical (unpaired) electrons. The van der Waals surface area contributed by atoms with E-state index in [1.54, 1.807) is 7.11 Å². The van der Waals surface area contributed by atoms with E-state index in [0.717, 1.165) is 11.3 Å². The maximum atomic E-state index is 12.7. The Morgan fingerprint density at radius 3 is 2.72 bits per heavy atom. The molecule has 0 bridgehead atoms. The van der Waals surface area contributed by atoms with Crippen molar-refractivity contribution in [2.75, 3.05) is 44.7 Å². The normalized spacial score (nSPS) is 23.2. The molecule has 0 spiro atoms. The van der Waals surface area contributed by atoms with E-state index >= 15 is 0 Å². The van der Waals surface area contributed by atoms with Crippen molar-refractivity contribution in [1.29, 1.82) is 0 Å². The van der Waals surface area contributed by atoms with Crippen LogP contribution in [0.2, 0.25) is 0 Å². The van der Waals surface area contributed by atoms with E-state index < -0.39 is 12.6 Å². The van der Waals surface area contributed by atoms with Gasteiger partial charge in [0.2, 0.25) is 5.91 Å². The summed E-state index contributed by atoms with van der Waals surface area (Å²) < 4.78 is 43.5. The second kappa shape index (κ2) is 8.04. The van der Waals surface area contributed by atoms with Crippen molar-refractivity contribution in [3.8, 4) is 0 Å². The van der Waals surface area contributed by atoms with E-state index in [1.807, 2.05) is 9.80 Å². The topological polar surface area (TPSA) is 70.6 Å². The Bertz CT molecular complexity index is 882. The average Bonchev–Trinajstić information content (AvgIpc) is 3.32. The smallest absolute Gasteiger partial charge is 0.380 e. The number of carbonyl (C=O) groups excluding carboxylic acids is 1. The molecular weight excluding hydrogens is 407 g/mol. The van der Waals surface area contributed by atoms with Gasteiger partial charge in [0.1, 0.15) is 17.0 Å². The zero-order valence-electron chi connectivity index (χ0n) is 15.9. The van der Waals surface area contributed by atoms with Crippen LogP contribution in [0.5, 0.6) is 0 Å². The minimum absolute atomic E-state index is 0.0593. The molecule has 29 heavy (non-hydrogen) atoms. The second-order valence-corrected chi connectivity index (χ2v) is 8.40. The summed E-state index contributed by atoms with van der Waals surface area (Å²) in [6, 6.07) is 1.31. The molecule has 11 heteroatoms. The largest absolute Gasteiger partial charge is 0.393 e. The highest BCUT2D eigenvalue weighted by Gasteiger charge is 2.34. The molecule has 7 nitrogen and oxygen atoms in total. The Labute approximate surface area is 169 Å². The van der Waals surface area contributed by atoms with E-state index in [4.69, 9.17) is 4.74 Å². The molecule has 0 aromatic carbocycles. The fourth-order valence-electron chi connectivity index (χ4n) is 3.86. The monoisotopic (exact) mass is 429 g/mol. The second-order valence-electron chi connectivity index (χ2n) is 7.29. The number of halogens is 3. The van der Waals surface area contributed by atoms with Crippen LogP contribution in [0.25, 0.3) is 10.2 Å². The molecule has 0 saturated carbocycles. The lowest BCUT2D eigenvalue weighted by atomic mass is 10.1. The lowest BCUT2D eigenvalue weighted by Crippen LogP contribution is -2.53. The number of piperazine rings is 1. The fraction of sp³-hybridized carbons (Fsp3) is 0.611. The van der Waals surface area contributed by atoms with Gasteiger partial charge in [0, 0.05) is 44.7 Å². The number of fused-ring (bicyclic) bond motifs is 1. The van der Waals surface area contributed by atoms with Crippen LogP contribution in [-0.2, 0) is 16.0 Å². The zero-order chi connectivity index (χ0) is 20.6. The Balaban J connectivity index is 1.43. The Kier molecular flexibility index (Phi) is 5.63.